The lowest BCUT2D eigenvalue weighted by atomic mass is 10.3. The summed E-state index contributed by atoms with van der Waals surface area (Å²) in [6, 6.07) is 7.41. The van der Waals surface area contributed by atoms with Gasteiger partial charge in [-0.3, -0.25) is 0 Å². The Hall–Kier alpha value is -1.26. The number of nitrogens with zero attached hydrogens (tertiary/aromatic N) is 1. The summed E-state index contributed by atoms with van der Waals surface area (Å²) in [6.45, 7) is 0.644. The number of hydrogen-bond donors (Lipinski definition) is 3. The molecule has 0 fully saturated rings. The molecule has 0 bridgehead atoms. The molecule has 0 aromatic heterocycles. The summed E-state index contributed by atoms with van der Waals surface area (Å²) >= 11 is 5.51. The lowest BCUT2D eigenvalue weighted by molar-refractivity contribution is 0.311. The number of aliphatic hydroxyl groups is 1. The van der Waals surface area contributed by atoms with E-state index in [1.54, 1.807) is 0 Å². The van der Waals surface area contributed by atoms with Gasteiger partial charge in [-0.05, 0) is 24.3 Å². The van der Waals surface area contributed by atoms with Gasteiger partial charge >= 0.3 is 0 Å². The molecule has 0 unspecified atom stereocenters. The molecule has 0 saturated heterocycles. The molecule has 0 atom stereocenters. The van der Waals surface area contributed by atoms with Crippen LogP contribution in [-0.2, 0) is 0 Å². The minimum absolute atomic E-state index is 0.110. The summed E-state index contributed by atoms with van der Waals surface area (Å²) in [5.41, 5.74) is 7.20. The molecule has 0 spiro atoms. The predicted octanol–water partition coefficient (Wildman–Crippen LogP) is 1.32. The van der Waals surface area contributed by atoms with Gasteiger partial charge in [-0.25, -0.2) is 4.99 Å². The number of amidine groups is 1. The minimum atomic E-state index is 0.110. The van der Waals surface area contributed by atoms with Gasteiger partial charge in [-0.1, -0.05) is 0 Å². The molecule has 4 N–H and O–H groups in total. The van der Waals surface area contributed by atoms with Crippen molar-refractivity contribution in [2.24, 2.45) is 10.7 Å². The number of anilines is 1. The maximum Gasteiger partial charge on any atom is 0.115 e. The van der Waals surface area contributed by atoms with Gasteiger partial charge in [0, 0.05) is 12.2 Å². The van der Waals surface area contributed by atoms with Crippen LogP contribution in [0.25, 0.3) is 0 Å². The lowest BCUT2D eigenvalue weighted by Crippen LogP contribution is -2.12. The highest BCUT2D eigenvalue weighted by atomic mass is 35.5. The van der Waals surface area contributed by atoms with E-state index in [0.29, 0.717) is 12.4 Å². The van der Waals surface area contributed by atoms with E-state index in [9.17, 15) is 0 Å². The van der Waals surface area contributed by atoms with Gasteiger partial charge in [0.2, 0.25) is 0 Å². The van der Waals surface area contributed by atoms with Gasteiger partial charge in [0.1, 0.15) is 5.84 Å². The summed E-state index contributed by atoms with van der Waals surface area (Å²) in [5.74, 6) is 0.623. The highest BCUT2D eigenvalue weighted by molar-refractivity contribution is 6.28. The third-order valence-electron chi connectivity index (χ3n) is 1.72. The average molecular weight is 228 g/mol. The van der Waals surface area contributed by atoms with Crippen LogP contribution in [0, 0.1) is 0 Å². The van der Waals surface area contributed by atoms with E-state index in [-0.39, 0.29) is 12.5 Å². The van der Waals surface area contributed by atoms with E-state index in [1.165, 1.54) is 0 Å². The molecule has 0 aliphatic heterocycles. The number of rotatable bonds is 5. The van der Waals surface area contributed by atoms with Gasteiger partial charge in [0.25, 0.3) is 0 Å². The molecule has 0 radical (unpaired) electrons. The standard InChI is InChI=1S/C10H14ClN3O/c11-7-10(12)14-9-3-1-8(2-4-9)13-5-6-15/h1-4,13,15H,5-7H2,(H2,12,14). The molecule has 5 heteroatoms. The highest BCUT2D eigenvalue weighted by Gasteiger charge is 1.93. The highest BCUT2D eigenvalue weighted by Crippen LogP contribution is 2.15. The zero-order valence-electron chi connectivity index (χ0n) is 8.28. The van der Waals surface area contributed by atoms with Crippen LogP contribution in [0.1, 0.15) is 0 Å². The number of aliphatic imine (C=N–C) groups is 1. The zero-order chi connectivity index (χ0) is 11.1. The van der Waals surface area contributed by atoms with E-state index in [0.717, 1.165) is 11.4 Å². The largest absolute Gasteiger partial charge is 0.395 e. The topological polar surface area (TPSA) is 70.6 Å². The van der Waals surface area contributed by atoms with Crippen LogP contribution in [0.2, 0.25) is 0 Å². The van der Waals surface area contributed by atoms with Crippen molar-refractivity contribution in [3.05, 3.63) is 24.3 Å². The number of alkyl halides is 1. The molecule has 1 rings (SSSR count). The van der Waals surface area contributed by atoms with Crippen LogP contribution in [0.5, 0.6) is 0 Å². The fraction of sp³-hybridized carbons (Fsp3) is 0.300. The summed E-state index contributed by atoms with van der Waals surface area (Å²) in [7, 11) is 0. The summed E-state index contributed by atoms with van der Waals surface area (Å²) in [4.78, 5) is 4.08. The lowest BCUT2D eigenvalue weighted by Gasteiger charge is -2.04. The third kappa shape index (κ3) is 4.18. The van der Waals surface area contributed by atoms with Crippen molar-refractivity contribution < 1.29 is 5.11 Å². The number of halogens is 1. The first-order chi connectivity index (χ1) is 7.26. The summed E-state index contributed by atoms with van der Waals surface area (Å²) in [6.07, 6.45) is 0. The van der Waals surface area contributed by atoms with Gasteiger partial charge in [0.05, 0.1) is 18.2 Å². The summed E-state index contributed by atoms with van der Waals surface area (Å²) in [5, 5.41) is 11.7. The van der Waals surface area contributed by atoms with E-state index in [2.05, 4.69) is 10.3 Å². The Bertz CT molecular complexity index is 324. The van der Waals surface area contributed by atoms with Crippen LogP contribution in [-0.4, -0.2) is 30.0 Å². The SMILES string of the molecule is NC(CCl)=Nc1ccc(NCCO)cc1. The molecule has 0 heterocycles. The first kappa shape index (κ1) is 11.8. The van der Waals surface area contributed by atoms with Gasteiger partial charge in [0.15, 0.2) is 0 Å². The monoisotopic (exact) mass is 227 g/mol. The van der Waals surface area contributed by atoms with Crippen molar-refractivity contribution in [3.8, 4) is 0 Å². The minimum Gasteiger partial charge on any atom is -0.395 e. The molecule has 0 aliphatic carbocycles. The second kappa shape index (κ2) is 6.27. The number of hydrogen-bond acceptors (Lipinski definition) is 3. The fourth-order valence-corrected chi connectivity index (χ4v) is 1.11. The van der Waals surface area contributed by atoms with Crippen molar-refractivity contribution in [1.82, 2.24) is 0 Å². The summed E-state index contributed by atoms with van der Waals surface area (Å²) < 4.78 is 0. The number of benzene rings is 1. The Labute approximate surface area is 93.8 Å². The Morgan fingerprint density at radius 2 is 2.07 bits per heavy atom. The Morgan fingerprint density at radius 3 is 2.60 bits per heavy atom. The molecule has 1 aromatic carbocycles. The van der Waals surface area contributed by atoms with E-state index < -0.39 is 0 Å². The van der Waals surface area contributed by atoms with Crippen molar-refractivity contribution in [3.63, 3.8) is 0 Å². The van der Waals surface area contributed by atoms with Crippen molar-refractivity contribution >= 4 is 28.8 Å². The van der Waals surface area contributed by atoms with Gasteiger partial charge < -0.3 is 16.2 Å². The molecule has 82 valence electrons. The molecule has 0 aliphatic rings. The van der Waals surface area contributed by atoms with E-state index >= 15 is 0 Å². The predicted molar refractivity (Wildman–Crippen MR) is 64.0 cm³/mol. The van der Waals surface area contributed by atoms with Gasteiger partial charge in [-0.2, -0.15) is 0 Å². The molecular weight excluding hydrogens is 214 g/mol. The van der Waals surface area contributed by atoms with Crippen molar-refractivity contribution in [2.45, 2.75) is 0 Å². The van der Waals surface area contributed by atoms with Crippen LogP contribution in [0.15, 0.2) is 29.3 Å². The van der Waals surface area contributed by atoms with Gasteiger partial charge in [-0.15, -0.1) is 11.6 Å². The smallest absolute Gasteiger partial charge is 0.115 e. The molecule has 0 saturated carbocycles. The average Bonchev–Trinajstić information content (AvgIpc) is 2.28. The number of aliphatic hydroxyl groups excluding tert-OH is 1. The Morgan fingerprint density at radius 1 is 1.40 bits per heavy atom. The quantitative estimate of drug-likeness (QED) is 0.404. The van der Waals surface area contributed by atoms with E-state index in [4.69, 9.17) is 22.4 Å². The van der Waals surface area contributed by atoms with Crippen LogP contribution in [0.4, 0.5) is 11.4 Å². The van der Waals surface area contributed by atoms with Crippen LogP contribution >= 0.6 is 11.6 Å². The van der Waals surface area contributed by atoms with E-state index in [1.807, 2.05) is 24.3 Å². The maximum absolute atomic E-state index is 8.62. The normalized spacial score (nSPS) is 11.5. The number of nitrogens with one attached hydrogen (secondary N) is 1. The van der Waals surface area contributed by atoms with Crippen molar-refractivity contribution in [2.75, 3.05) is 24.3 Å². The molecule has 15 heavy (non-hydrogen) atoms. The second-order valence-electron chi connectivity index (χ2n) is 2.93. The zero-order valence-corrected chi connectivity index (χ0v) is 9.04. The van der Waals surface area contributed by atoms with Crippen LogP contribution in [0.3, 0.4) is 0 Å². The number of nitrogens with two attached hydrogens (primary N) is 1. The molecule has 4 nitrogen and oxygen atoms in total. The first-order valence-electron chi connectivity index (χ1n) is 4.60. The third-order valence-corrected chi connectivity index (χ3v) is 1.99. The first-order valence-corrected chi connectivity index (χ1v) is 5.13. The molecule has 1 aromatic rings. The molecule has 0 amide bonds. The second-order valence-corrected chi connectivity index (χ2v) is 3.20. The molecular formula is C10H14ClN3O. The fourth-order valence-electron chi connectivity index (χ4n) is 1.05. The maximum atomic E-state index is 8.62. The Balaban J connectivity index is 2.64. The van der Waals surface area contributed by atoms with Crippen LogP contribution < -0.4 is 11.1 Å². The van der Waals surface area contributed by atoms with Crippen molar-refractivity contribution in [1.29, 1.82) is 0 Å². The Kier molecular flexibility index (Phi) is 4.93.